The molecule has 2 aromatic carbocycles. The van der Waals surface area contributed by atoms with Crippen LogP contribution in [0.25, 0.3) is 0 Å². The summed E-state index contributed by atoms with van der Waals surface area (Å²) in [5.41, 5.74) is 1.17. The molecule has 1 aliphatic heterocycles. The van der Waals surface area contributed by atoms with E-state index in [2.05, 4.69) is 0 Å². The zero-order chi connectivity index (χ0) is 24.5. The maximum atomic E-state index is 12.9. The van der Waals surface area contributed by atoms with E-state index in [1.807, 2.05) is 30.3 Å². The van der Waals surface area contributed by atoms with Gasteiger partial charge in [0.1, 0.15) is 18.8 Å². The number of hydrogen-bond acceptors (Lipinski definition) is 9. The van der Waals surface area contributed by atoms with E-state index in [4.69, 9.17) is 28.4 Å². The van der Waals surface area contributed by atoms with Crippen LogP contribution in [-0.2, 0) is 44.6 Å². The van der Waals surface area contributed by atoms with Gasteiger partial charge in [0.25, 0.3) is 0 Å². The molecule has 0 aliphatic carbocycles. The molecule has 1 fully saturated rings. The fourth-order valence-electron chi connectivity index (χ4n) is 3.59. The first-order valence-corrected chi connectivity index (χ1v) is 10.8. The number of ether oxygens (including phenoxy) is 6. The topological polar surface area (TPSA) is 107 Å². The average Bonchev–Trinajstić information content (AvgIpc) is 2.83. The van der Waals surface area contributed by atoms with Crippen LogP contribution in [0.15, 0.2) is 60.7 Å². The van der Waals surface area contributed by atoms with Gasteiger partial charge in [0.15, 0.2) is 18.5 Å². The Hall–Kier alpha value is -3.27. The molecule has 3 rings (SSSR count). The Labute approximate surface area is 197 Å². The van der Waals surface area contributed by atoms with Gasteiger partial charge in [0.2, 0.25) is 0 Å². The smallest absolute Gasteiger partial charge is 0.338 e. The molecular weight excluding hydrogens is 444 g/mol. The highest BCUT2D eigenvalue weighted by Gasteiger charge is 2.51. The van der Waals surface area contributed by atoms with Crippen molar-refractivity contribution in [2.24, 2.45) is 0 Å². The van der Waals surface area contributed by atoms with E-state index in [-0.39, 0.29) is 13.2 Å². The first kappa shape index (κ1) is 25.4. The third-order valence-electron chi connectivity index (χ3n) is 5.11. The van der Waals surface area contributed by atoms with Crippen LogP contribution in [-0.4, -0.2) is 62.3 Å². The van der Waals surface area contributed by atoms with E-state index in [0.29, 0.717) is 5.56 Å². The summed E-state index contributed by atoms with van der Waals surface area (Å²) in [6, 6.07) is 17.7. The lowest BCUT2D eigenvalue weighted by molar-refractivity contribution is -0.305. The molecule has 182 valence electrons. The molecule has 0 N–H and O–H groups in total. The third kappa shape index (κ3) is 6.86. The number of carbonyl (C=O) groups excluding carboxylic acids is 3. The standard InChI is InChI=1S/C25H28O9/c1-16(26)30-15-20-21(31-14-18-10-6-4-7-11-18)22(23(32-17(2)27)25(29-3)33-20)34-24(28)19-12-8-5-9-13-19/h4-13,20-23,25H,14-15H2,1-3H3/t20-,21-,22+,23-,25+/m1/s1. The molecule has 0 saturated carbocycles. The largest absolute Gasteiger partial charge is 0.463 e. The highest BCUT2D eigenvalue weighted by atomic mass is 16.7. The van der Waals surface area contributed by atoms with Crippen molar-refractivity contribution in [1.82, 2.24) is 0 Å². The van der Waals surface area contributed by atoms with Crippen LogP contribution in [0.4, 0.5) is 0 Å². The zero-order valence-corrected chi connectivity index (χ0v) is 19.2. The second kappa shape index (κ2) is 12.3. The van der Waals surface area contributed by atoms with E-state index in [1.165, 1.54) is 21.0 Å². The van der Waals surface area contributed by atoms with Crippen molar-refractivity contribution in [1.29, 1.82) is 0 Å². The zero-order valence-electron chi connectivity index (χ0n) is 19.2. The molecule has 0 radical (unpaired) electrons. The van der Waals surface area contributed by atoms with E-state index in [0.717, 1.165) is 5.56 Å². The van der Waals surface area contributed by atoms with Gasteiger partial charge in [-0.25, -0.2) is 4.79 Å². The van der Waals surface area contributed by atoms with Gasteiger partial charge >= 0.3 is 17.9 Å². The van der Waals surface area contributed by atoms with E-state index >= 15 is 0 Å². The molecular formula is C25H28O9. The molecule has 0 spiro atoms. The Balaban J connectivity index is 1.93. The molecule has 0 amide bonds. The summed E-state index contributed by atoms with van der Waals surface area (Å²) in [5, 5.41) is 0. The molecule has 0 unspecified atom stereocenters. The van der Waals surface area contributed by atoms with Gasteiger partial charge in [0, 0.05) is 21.0 Å². The predicted octanol–water partition coefficient (Wildman–Crippen LogP) is 2.66. The van der Waals surface area contributed by atoms with Crippen molar-refractivity contribution in [2.75, 3.05) is 13.7 Å². The predicted molar refractivity (Wildman–Crippen MR) is 119 cm³/mol. The third-order valence-corrected chi connectivity index (χ3v) is 5.11. The summed E-state index contributed by atoms with van der Waals surface area (Å²) < 4.78 is 33.9. The van der Waals surface area contributed by atoms with Gasteiger partial charge < -0.3 is 28.4 Å². The summed E-state index contributed by atoms with van der Waals surface area (Å²) >= 11 is 0. The van der Waals surface area contributed by atoms with Gasteiger partial charge in [-0.15, -0.1) is 0 Å². The van der Waals surface area contributed by atoms with Gasteiger partial charge in [-0.1, -0.05) is 48.5 Å². The molecule has 1 saturated heterocycles. The van der Waals surface area contributed by atoms with E-state index < -0.39 is 48.6 Å². The quantitative estimate of drug-likeness (QED) is 0.402. The molecule has 9 heteroatoms. The van der Waals surface area contributed by atoms with Gasteiger partial charge in [-0.2, -0.15) is 0 Å². The monoisotopic (exact) mass is 472 g/mol. The average molecular weight is 472 g/mol. The molecule has 0 bridgehead atoms. The maximum Gasteiger partial charge on any atom is 0.338 e. The van der Waals surface area contributed by atoms with Crippen molar-refractivity contribution in [2.45, 2.75) is 51.2 Å². The van der Waals surface area contributed by atoms with Crippen molar-refractivity contribution in [3.8, 4) is 0 Å². The highest BCUT2D eigenvalue weighted by molar-refractivity contribution is 5.89. The molecule has 1 heterocycles. The fourth-order valence-corrected chi connectivity index (χ4v) is 3.59. The lowest BCUT2D eigenvalue weighted by Crippen LogP contribution is -2.62. The summed E-state index contributed by atoms with van der Waals surface area (Å²) in [7, 11) is 1.37. The number of rotatable bonds is 9. The van der Waals surface area contributed by atoms with E-state index in [9.17, 15) is 14.4 Å². The fraction of sp³-hybridized carbons (Fsp3) is 0.400. The Morgan fingerprint density at radius 3 is 2.06 bits per heavy atom. The van der Waals surface area contributed by atoms with Gasteiger partial charge in [-0.05, 0) is 17.7 Å². The number of esters is 3. The molecule has 0 aromatic heterocycles. The van der Waals surface area contributed by atoms with Crippen LogP contribution in [0.2, 0.25) is 0 Å². The van der Waals surface area contributed by atoms with Crippen LogP contribution in [0, 0.1) is 0 Å². The van der Waals surface area contributed by atoms with Crippen LogP contribution >= 0.6 is 0 Å². The van der Waals surface area contributed by atoms with Gasteiger partial charge in [0.05, 0.1) is 12.2 Å². The SMILES string of the molecule is CO[C@H]1O[C@H](COC(C)=O)[C@@H](OCc2ccccc2)[C@H](OC(=O)c2ccccc2)[C@H]1OC(C)=O. The molecule has 2 aromatic rings. The second-order valence-electron chi connectivity index (χ2n) is 7.65. The summed E-state index contributed by atoms with van der Waals surface area (Å²) in [4.78, 5) is 36.3. The number of hydrogen-bond donors (Lipinski definition) is 0. The minimum atomic E-state index is -1.12. The van der Waals surface area contributed by atoms with Crippen molar-refractivity contribution in [3.63, 3.8) is 0 Å². The minimum Gasteiger partial charge on any atom is -0.463 e. The summed E-state index contributed by atoms with van der Waals surface area (Å²) in [6.45, 7) is 2.47. The normalized spacial score (nSPS) is 24.1. The number of benzene rings is 2. The van der Waals surface area contributed by atoms with Crippen LogP contribution in [0.1, 0.15) is 29.8 Å². The lowest BCUT2D eigenvalue weighted by atomic mass is 9.98. The number of methoxy groups -OCH3 is 1. The Morgan fingerprint density at radius 2 is 1.47 bits per heavy atom. The van der Waals surface area contributed by atoms with Crippen LogP contribution in [0.3, 0.4) is 0 Å². The van der Waals surface area contributed by atoms with Gasteiger partial charge in [-0.3, -0.25) is 9.59 Å². The highest BCUT2D eigenvalue weighted by Crippen LogP contribution is 2.30. The summed E-state index contributed by atoms with van der Waals surface area (Å²) in [5.74, 6) is -1.77. The first-order valence-electron chi connectivity index (χ1n) is 10.8. The van der Waals surface area contributed by atoms with Crippen LogP contribution in [0.5, 0.6) is 0 Å². The van der Waals surface area contributed by atoms with Crippen molar-refractivity contribution in [3.05, 3.63) is 71.8 Å². The Bertz CT molecular complexity index is 947. The van der Waals surface area contributed by atoms with E-state index in [1.54, 1.807) is 30.3 Å². The Morgan fingerprint density at radius 1 is 0.824 bits per heavy atom. The minimum absolute atomic E-state index is 0.148. The Kier molecular flexibility index (Phi) is 9.15. The van der Waals surface area contributed by atoms with Crippen molar-refractivity contribution < 1.29 is 42.8 Å². The lowest BCUT2D eigenvalue weighted by Gasteiger charge is -2.44. The first-order chi connectivity index (χ1) is 16.4. The molecule has 34 heavy (non-hydrogen) atoms. The molecule has 1 aliphatic rings. The maximum absolute atomic E-state index is 12.9. The molecule has 9 nitrogen and oxygen atoms in total. The second-order valence-corrected chi connectivity index (χ2v) is 7.65. The number of carbonyl (C=O) groups is 3. The van der Waals surface area contributed by atoms with Crippen molar-refractivity contribution >= 4 is 17.9 Å². The molecule has 5 atom stereocenters. The van der Waals surface area contributed by atoms with Crippen LogP contribution < -0.4 is 0 Å². The summed E-state index contributed by atoms with van der Waals surface area (Å²) in [6.07, 6.45) is -5.13.